The van der Waals surface area contributed by atoms with E-state index in [2.05, 4.69) is 10.6 Å². The second-order valence-electron chi connectivity index (χ2n) is 4.79. The quantitative estimate of drug-likeness (QED) is 0.684. The largest absolute Gasteiger partial charge is 0.332 e. The van der Waals surface area contributed by atoms with Gasteiger partial charge in [-0.25, -0.2) is 0 Å². The molecule has 0 aromatic heterocycles. The fourth-order valence-corrected chi connectivity index (χ4v) is 2.89. The normalized spacial score (nSPS) is 21.7. The molecule has 112 valence electrons. The molecule has 1 amide bonds. The van der Waals surface area contributed by atoms with Crippen LogP contribution in [0.4, 0.5) is 0 Å². The van der Waals surface area contributed by atoms with Crippen LogP contribution in [-0.4, -0.2) is 34.9 Å². The molecule has 0 bridgehead atoms. The zero-order valence-electron chi connectivity index (χ0n) is 11.6. The summed E-state index contributed by atoms with van der Waals surface area (Å²) in [5.41, 5.74) is 6.43. The standard InChI is InChI=1S/C14H17N3O3S/c1-8(18)9-2-4-10(5-3-9)11(19)7-21-14-16-12(15)6-13(20)17-14/h2-5,12,14,16H,6-7,15H2,1H3,(H,17,20). The van der Waals surface area contributed by atoms with Gasteiger partial charge in [0.1, 0.15) is 5.50 Å². The average molecular weight is 307 g/mol. The maximum Gasteiger partial charge on any atom is 0.224 e. The van der Waals surface area contributed by atoms with Gasteiger partial charge in [0.05, 0.1) is 18.3 Å². The molecule has 1 aromatic carbocycles. The maximum atomic E-state index is 12.1. The zero-order chi connectivity index (χ0) is 15.4. The lowest BCUT2D eigenvalue weighted by Gasteiger charge is -2.28. The molecule has 1 heterocycles. The SMILES string of the molecule is CC(=O)c1ccc(C(=O)CSC2NC(=O)CC(N)N2)cc1. The minimum Gasteiger partial charge on any atom is -0.332 e. The number of thioether (sulfide) groups is 1. The van der Waals surface area contributed by atoms with E-state index in [9.17, 15) is 14.4 Å². The molecule has 6 nitrogen and oxygen atoms in total. The Labute approximate surface area is 126 Å². The van der Waals surface area contributed by atoms with Crippen LogP contribution in [0.25, 0.3) is 0 Å². The minimum absolute atomic E-state index is 0.0357. The molecule has 1 aliphatic heterocycles. The molecule has 0 saturated carbocycles. The van der Waals surface area contributed by atoms with E-state index in [0.29, 0.717) is 11.1 Å². The molecule has 1 saturated heterocycles. The molecule has 2 rings (SSSR count). The monoisotopic (exact) mass is 307 g/mol. The van der Waals surface area contributed by atoms with Crippen molar-refractivity contribution in [1.29, 1.82) is 0 Å². The van der Waals surface area contributed by atoms with E-state index in [1.165, 1.54) is 18.7 Å². The van der Waals surface area contributed by atoms with Gasteiger partial charge < -0.3 is 11.1 Å². The number of rotatable bonds is 5. The molecule has 1 aromatic rings. The summed E-state index contributed by atoms with van der Waals surface area (Å²) in [6.45, 7) is 1.48. The highest BCUT2D eigenvalue weighted by atomic mass is 32.2. The highest BCUT2D eigenvalue weighted by molar-refractivity contribution is 8.00. The zero-order valence-corrected chi connectivity index (χ0v) is 12.4. The first-order valence-corrected chi connectivity index (χ1v) is 7.57. The van der Waals surface area contributed by atoms with Gasteiger partial charge in [0, 0.05) is 11.1 Å². The summed E-state index contributed by atoms with van der Waals surface area (Å²) >= 11 is 1.28. The molecular formula is C14H17N3O3S. The van der Waals surface area contributed by atoms with Crippen molar-refractivity contribution in [3.05, 3.63) is 35.4 Å². The third-order valence-corrected chi connectivity index (χ3v) is 4.07. The average Bonchev–Trinajstić information content (AvgIpc) is 2.44. The van der Waals surface area contributed by atoms with Crippen molar-refractivity contribution in [2.75, 3.05) is 5.75 Å². The van der Waals surface area contributed by atoms with Crippen molar-refractivity contribution in [3.8, 4) is 0 Å². The van der Waals surface area contributed by atoms with Crippen LogP contribution in [0.2, 0.25) is 0 Å². The summed E-state index contributed by atoms with van der Waals surface area (Å²) in [5.74, 6) is -0.0156. The number of hydrogen-bond acceptors (Lipinski definition) is 6. The van der Waals surface area contributed by atoms with Gasteiger partial charge in [-0.2, -0.15) is 0 Å². The van der Waals surface area contributed by atoms with Crippen molar-refractivity contribution in [2.24, 2.45) is 5.73 Å². The molecule has 2 unspecified atom stereocenters. The highest BCUT2D eigenvalue weighted by Crippen LogP contribution is 2.14. The smallest absolute Gasteiger partial charge is 0.224 e. The molecule has 21 heavy (non-hydrogen) atoms. The molecule has 0 spiro atoms. The van der Waals surface area contributed by atoms with Crippen molar-refractivity contribution in [3.63, 3.8) is 0 Å². The number of nitrogens with two attached hydrogens (primary N) is 1. The Morgan fingerprint density at radius 1 is 1.29 bits per heavy atom. The molecule has 7 heteroatoms. The van der Waals surface area contributed by atoms with Crippen LogP contribution in [0, 0.1) is 0 Å². The van der Waals surface area contributed by atoms with Gasteiger partial charge in [-0.1, -0.05) is 24.3 Å². The van der Waals surface area contributed by atoms with Crippen LogP contribution in [-0.2, 0) is 4.79 Å². The van der Waals surface area contributed by atoms with Crippen LogP contribution in [0.15, 0.2) is 24.3 Å². The van der Waals surface area contributed by atoms with Crippen molar-refractivity contribution >= 4 is 29.2 Å². The molecule has 0 aliphatic carbocycles. The Morgan fingerprint density at radius 2 is 1.90 bits per heavy atom. The predicted octanol–water partition coefficient (Wildman–Crippen LogP) is 0.483. The lowest BCUT2D eigenvalue weighted by Crippen LogP contribution is -2.58. The number of ketones is 2. The van der Waals surface area contributed by atoms with E-state index < -0.39 is 0 Å². The maximum absolute atomic E-state index is 12.1. The van der Waals surface area contributed by atoms with Crippen LogP contribution >= 0.6 is 11.8 Å². The van der Waals surface area contributed by atoms with E-state index in [1.54, 1.807) is 24.3 Å². The van der Waals surface area contributed by atoms with E-state index in [-0.39, 0.29) is 41.3 Å². The van der Waals surface area contributed by atoms with Crippen LogP contribution in [0.5, 0.6) is 0 Å². The van der Waals surface area contributed by atoms with Gasteiger partial charge in [-0.3, -0.25) is 19.7 Å². The van der Waals surface area contributed by atoms with E-state index in [4.69, 9.17) is 5.73 Å². The first-order chi connectivity index (χ1) is 9.95. The number of hydrogen-bond donors (Lipinski definition) is 3. The number of benzene rings is 1. The Kier molecular flexibility index (Phi) is 5.11. The number of nitrogens with one attached hydrogen (secondary N) is 2. The lowest BCUT2D eigenvalue weighted by molar-refractivity contribution is -0.123. The number of Topliss-reactive ketones (excluding diaryl/α,β-unsaturated/α-hetero) is 2. The van der Waals surface area contributed by atoms with E-state index in [1.807, 2.05) is 0 Å². The predicted molar refractivity (Wildman–Crippen MR) is 80.9 cm³/mol. The van der Waals surface area contributed by atoms with E-state index in [0.717, 1.165) is 0 Å². The minimum atomic E-state index is -0.388. The molecular weight excluding hydrogens is 290 g/mol. The Bertz CT molecular complexity index is 559. The third kappa shape index (κ3) is 4.38. The number of amides is 1. The van der Waals surface area contributed by atoms with Gasteiger partial charge in [0.2, 0.25) is 5.91 Å². The highest BCUT2D eigenvalue weighted by Gasteiger charge is 2.24. The first kappa shape index (κ1) is 15.7. The Hall–Kier alpha value is -1.70. The summed E-state index contributed by atoms with van der Waals surface area (Å²) in [6, 6.07) is 6.55. The number of carbonyl (C=O) groups is 3. The van der Waals surface area contributed by atoms with Crippen molar-refractivity contribution in [1.82, 2.24) is 10.6 Å². The van der Waals surface area contributed by atoms with Crippen molar-refractivity contribution in [2.45, 2.75) is 25.0 Å². The molecule has 1 fully saturated rings. The fraction of sp³-hybridized carbons (Fsp3) is 0.357. The molecule has 2 atom stereocenters. The van der Waals surface area contributed by atoms with E-state index >= 15 is 0 Å². The van der Waals surface area contributed by atoms with Gasteiger partial charge in [0.25, 0.3) is 0 Å². The Morgan fingerprint density at radius 3 is 2.48 bits per heavy atom. The second-order valence-corrected chi connectivity index (χ2v) is 5.89. The van der Waals surface area contributed by atoms with Gasteiger partial charge in [-0.05, 0) is 6.92 Å². The van der Waals surface area contributed by atoms with Gasteiger partial charge >= 0.3 is 0 Å². The lowest BCUT2D eigenvalue weighted by atomic mass is 10.1. The van der Waals surface area contributed by atoms with Crippen LogP contribution in [0.1, 0.15) is 34.1 Å². The first-order valence-electron chi connectivity index (χ1n) is 6.52. The van der Waals surface area contributed by atoms with Gasteiger partial charge in [-0.15, -0.1) is 11.8 Å². The summed E-state index contributed by atoms with van der Waals surface area (Å²) < 4.78 is 0. The second kappa shape index (κ2) is 6.84. The molecule has 0 radical (unpaired) electrons. The number of carbonyl (C=O) groups excluding carboxylic acids is 3. The summed E-state index contributed by atoms with van der Waals surface area (Å²) in [4.78, 5) is 34.6. The molecule has 1 aliphatic rings. The third-order valence-electron chi connectivity index (χ3n) is 3.06. The van der Waals surface area contributed by atoms with Gasteiger partial charge in [0.15, 0.2) is 11.6 Å². The summed E-state index contributed by atoms with van der Waals surface area (Å²) in [6.07, 6.45) is -0.154. The fourth-order valence-electron chi connectivity index (χ4n) is 1.92. The van der Waals surface area contributed by atoms with Crippen LogP contribution < -0.4 is 16.4 Å². The summed E-state index contributed by atoms with van der Waals surface area (Å²) in [7, 11) is 0. The molecule has 4 N–H and O–H groups in total. The topological polar surface area (TPSA) is 101 Å². The summed E-state index contributed by atoms with van der Waals surface area (Å²) in [5, 5.41) is 5.70. The Balaban J connectivity index is 1.89. The van der Waals surface area contributed by atoms with Crippen molar-refractivity contribution < 1.29 is 14.4 Å². The van der Waals surface area contributed by atoms with Crippen LogP contribution in [0.3, 0.4) is 0 Å².